The number of aromatic nitrogens is 4. The van der Waals surface area contributed by atoms with E-state index in [4.69, 9.17) is 4.98 Å². The van der Waals surface area contributed by atoms with Crippen LogP contribution in [0.15, 0.2) is 34.9 Å². The first kappa shape index (κ1) is 18.0. The number of aromatic amines is 1. The summed E-state index contributed by atoms with van der Waals surface area (Å²) in [7, 11) is 0. The molecule has 1 aliphatic carbocycles. The lowest BCUT2D eigenvalue weighted by Gasteiger charge is -2.27. The van der Waals surface area contributed by atoms with Crippen molar-refractivity contribution in [1.82, 2.24) is 19.9 Å². The Kier molecular flexibility index (Phi) is 4.78. The maximum Gasteiger partial charge on any atom is 0.184 e. The van der Waals surface area contributed by atoms with Gasteiger partial charge in [0.15, 0.2) is 10.8 Å². The van der Waals surface area contributed by atoms with Gasteiger partial charge in [-0.1, -0.05) is 24.2 Å². The highest BCUT2D eigenvalue weighted by Gasteiger charge is 2.24. The fraction of sp³-hybridized carbons (Fsp3) is 0.350. The minimum absolute atomic E-state index is 0.0932. The minimum atomic E-state index is -0.290. The number of nitrogens with one attached hydrogen (secondary N) is 2. The average Bonchev–Trinajstić information content (AvgIpc) is 3.27. The van der Waals surface area contributed by atoms with Gasteiger partial charge in [0, 0.05) is 17.1 Å². The van der Waals surface area contributed by atoms with Crippen molar-refractivity contribution in [2.45, 2.75) is 44.2 Å². The van der Waals surface area contributed by atoms with Crippen LogP contribution in [0.1, 0.15) is 37.1 Å². The lowest BCUT2D eigenvalue weighted by Crippen LogP contribution is -2.36. The maximum atomic E-state index is 10.2. The number of nitrogens with zero attached hydrogens (tertiary/aromatic N) is 3. The third-order valence-corrected chi connectivity index (χ3v) is 6.76. The molecule has 0 spiro atoms. The van der Waals surface area contributed by atoms with Crippen LogP contribution in [-0.2, 0) is 6.42 Å². The molecule has 8 heteroatoms. The summed E-state index contributed by atoms with van der Waals surface area (Å²) >= 11 is 5.30. The molecule has 0 bridgehead atoms. The molecule has 2 atom stereocenters. The van der Waals surface area contributed by atoms with Gasteiger partial charge in [0.05, 0.1) is 27.9 Å². The van der Waals surface area contributed by atoms with E-state index in [0.29, 0.717) is 6.42 Å². The molecule has 1 saturated carbocycles. The van der Waals surface area contributed by atoms with Gasteiger partial charge in [-0.25, -0.2) is 15.0 Å². The van der Waals surface area contributed by atoms with Crippen molar-refractivity contribution in [1.29, 1.82) is 0 Å². The van der Waals surface area contributed by atoms with Gasteiger partial charge in [-0.2, -0.15) is 0 Å². The standard InChI is InChI=1S/C20H20BrN5OS/c21-12-8-11(10-17-23-14-5-3-7-22-19(14)25-17)9-16-18(12)26-20(28-16)24-13-4-1-2-6-15(13)27/h3,5,7-9,13,15,27H,1-2,4,6,10H2,(H,24,26)(H,22,23,25)/t13-,15-/m1/s1. The Bertz CT molecular complexity index is 1110. The van der Waals surface area contributed by atoms with Crippen LogP contribution in [0.5, 0.6) is 0 Å². The monoisotopic (exact) mass is 457 g/mol. The molecule has 5 rings (SSSR count). The summed E-state index contributed by atoms with van der Waals surface area (Å²) in [4.78, 5) is 16.9. The number of hydrogen-bond acceptors (Lipinski definition) is 6. The summed E-state index contributed by atoms with van der Waals surface area (Å²) in [5.41, 5.74) is 3.81. The van der Waals surface area contributed by atoms with E-state index in [0.717, 1.165) is 68.1 Å². The Morgan fingerprint density at radius 3 is 3.00 bits per heavy atom. The highest BCUT2D eigenvalue weighted by molar-refractivity contribution is 9.10. The fourth-order valence-electron chi connectivity index (χ4n) is 3.82. The van der Waals surface area contributed by atoms with E-state index in [1.54, 1.807) is 17.5 Å². The van der Waals surface area contributed by atoms with E-state index in [-0.39, 0.29) is 12.1 Å². The fourth-order valence-corrected chi connectivity index (χ4v) is 5.56. The zero-order chi connectivity index (χ0) is 19.1. The molecule has 4 aromatic rings. The molecule has 144 valence electrons. The summed E-state index contributed by atoms with van der Waals surface area (Å²) in [6.45, 7) is 0. The van der Waals surface area contributed by atoms with E-state index < -0.39 is 0 Å². The van der Waals surface area contributed by atoms with Crippen molar-refractivity contribution in [2.24, 2.45) is 0 Å². The third-order valence-electron chi connectivity index (χ3n) is 5.22. The lowest BCUT2D eigenvalue weighted by atomic mass is 9.93. The predicted molar refractivity (Wildman–Crippen MR) is 116 cm³/mol. The highest BCUT2D eigenvalue weighted by Crippen LogP contribution is 2.34. The van der Waals surface area contributed by atoms with Crippen LogP contribution >= 0.6 is 27.3 Å². The Morgan fingerprint density at radius 2 is 2.14 bits per heavy atom. The maximum absolute atomic E-state index is 10.2. The van der Waals surface area contributed by atoms with E-state index in [2.05, 4.69) is 48.3 Å². The minimum Gasteiger partial charge on any atom is -0.391 e. The van der Waals surface area contributed by atoms with Gasteiger partial charge in [-0.3, -0.25) is 0 Å². The van der Waals surface area contributed by atoms with E-state index in [1.807, 2.05) is 12.1 Å². The van der Waals surface area contributed by atoms with E-state index >= 15 is 0 Å². The number of aliphatic hydroxyl groups excluding tert-OH is 1. The number of aliphatic hydroxyl groups is 1. The topological polar surface area (TPSA) is 86.7 Å². The molecule has 1 aromatic carbocycles. The van der Waals surface area contributed by atoms with Crippen LogP contribution in [0.25, 0.3) is 21.4 Å². The smallest absolute Gasteiger partial charge is 0.184 e. The Balaban J connectivity index is 1.41. The largest absolute Gasteiger partial charge is 0.391 e. The number of rotatable bonds is 4. The zero-order valence-corrected chi connectivity index (χ0v) is 17.6. The van der Waals surface area contributed by atoms with E-state index in [9.17, 15) is 5.11 Å². The van der Waals surface area contributed by atoms with Crippen molar-refractivity contribution >= 4 is 53.8 Å². The molecule has 0 radical (unpaired) electrons. The van der Waals surface area contributed by atoms with Crippen LogP contribution in [0.3, 0.4) is 0 Å². The zero-order valence-electron chi connectivity index (χ0n) is 15.2. The SMILES string of the molecule is O[C@@H]1CCCC[C@H]1Nc1nc2c(Br)cc(Cc3nc4ncccc4[nH]3)cc2s1. The summed E-state index contributed by atoms with van der Waals surface area (Å²) in [5.74, 6) is 0.896. The second-order valence-electron chi connectivity index (χ2n) is 7.28. The normalized spacial score (nSPS) is 20.1. The van der Waals surface area contributed by atoms with Crippen molar-refractivity contribution in [3.05, 3.63) is 46.3 Å². The molecule has 0 saturated heterocycles. The Labute approximate surface area is 174 Å². The second kappa shape index (κ2) is 7.42. The molecule has 0 unspecified atom stereocenters. The Hall–Kier alpha value is -2.03. The number of benzene rings is 1. The average molecular weight is 458 g/mol. The summed E-state index contributed by atoms with van der Waals surface area (Å²) in [6.07, 6.45) is 6.27. The summed E-state index contributed by atoms with van der Waals surface area (Å²) in [5, 5.41) is 14.5. The lowest BCUT2D eigenvalue weighted by molar-refractivity contribution is 0.116. The van der Waals surface area contributed by atoms with Crippen LogP contribution in [0.2, 0.25) is 0 Å². The summed E-state index contributed by atoms with van der Waals surface area (Å²) < 4.78 is 2.09. The molecule has 28 heavy (non-hydrogen) atoms. The molecule has 3 N–H and O–H groups in total. The van der Waals surface area contributed by atoms with Crippen molar-refractivity contribution in [3.8, 4) is 0 Å². The molecule has 3 aromatic heterocycles. The van der Waals surface area contributed by atoms with Crippen LogP contribution < -0.4 is 5.32 Å². The first-order valence-electron chi connectivity index (χ1n) is 9.49. The van der Waals surface area contributed by atoms with Gasteiger partial charge in [0.1, 0.15) is 5.82 Å². The Morgan fingerprint density at radius 1 is 1.25 bits per heavy atom. The number of pyridine rings is 1. The first-order valence-corrected chi connectivity index (χ1v) is 11.1. The number of hydrogen-bond donors (Lipinski definition) is 3. The third kappa shape index (κ3) is 3.52. The van der Waals surface area contributed by atoms with Crippen LogP contribution in [0, 0.1) is 0 Å². The number of H-pyrrole nitrogens is 1. The van der Waals surface area contributed by atoms with Crippen molar-refractivity contribution in [2.75, 3.05) is 5.32 Å². The molecular formula is C20H20BrN5OS. The molecular weight excluding hydrogens is 438 g/mol. The molecule has 6 nitrogen and oxygen atoms in total. The van der Waals surface area contributed by atoms with Gasteiger partial charge >= 0.3 is 0 Å². The molecule has 0 amide bonds. The van der Waals surface area contributed by atoms with Gasteiger partial charge in [-0.05, 0) is 58.6 Å². The summed E-state index contributed by atoms with van der Waals surface area (Å²) in [6, 6.07) is 8.25. The molecule has 1 fully saturated rings. The highest BCUT2D eigenvalue weighted by atomic mass is 79.9. The number of halogens is 1. The number of fused-ring (bicyclic) bond motifs is 2. The first-order chi connectivity index (χ1) is 13.7. The second-order valence-corrected chi connectivity index (χ2v) is 9.17. The predicted octanol–water partition coefficient (Wildman–Crippen LogP) is 4.64. The van der Waals surface area contributed by atoms with Gasteiger partial charge in [-0.15, -0.1) is 0 Å². The van der Waals surface area contributed by atoms with E-state index in [1.165, 1.54) is 0 Å². The van der Waals surface area contributed by atoms with Gasteiger partial charge < -0.3 is 15.4 Å². The van der Waals surface area contributed by atoms with Crippen LogP contribution in [0.4, 0.5) is 5.13 Å². The van der Waals surface area contributed by atoms with Crippen LogP contribution in [-0.4, -0.2) is 37.2 Å². The van der Waals surface area contributed by atoms with Crippen molar-refractivity contribution < 1.29 is 5.11 Å². The molecule has 0 aliphatic heterocycles. The quantitative estimate of drug-likeness (QED) is 0.415. The molecule has 3 heterocycles. The number of thiazole rings is 1. The molecule has 1 aliphatic rings. The van der Waals surface area contributed by atoms with Gasteiger partial charge in [0.2, 0.25) is 0 Å². The van der Waals surface area contributed by atoms with Gasteiger partial charge in [0.25, 0.3) is 0 Å². The van der Waals surface area contributed by atoms with Crippen molar-refractivity contribution in [3.63, 3.8) is 0 Å². The number of anilines is 1. The number of imidazole rings is 1.